The molecular formula is C77H122O5. The number of esters is 2. The molecule has 0 saturated heterocycles. The quantitative estimate of drug-likeness (QED) is 0.0373. The Hall–Kier alpha value is -5.00. The van der Waals surface area contributed by atoms with Crippen LogP contribution in [0.25, 0.3) is 0 Å². The van der Waals surface area contributed by atoms with Crippen LogP contribution in [0.3, 0.4) is 0 Å². The highest BCUT2D eigenvalue weighted by Gasteiger charge is 2.16. The summed E-state index contributed by atoms with van der Waals surface area (Å²) in [6, 6.07) is 0. The van der Waals surface area contributed by atoms with Crippen molar-refractivity contribution >= 4 is 11.9 Å². The predicted molar refractivity (Wildman–Crippen MR) is 361 cm³/mol. The van der Waals surface area contributed by atoms with Crippen LogP contribution in [0.2, 0.25) is 0 Å². The van der Waals surface area contributed by atoms with E-state index in [4.69, 9.17) is 9.47 Å². The predicted octanol–water partition coefficient (Wildman–Crippen LogP) is 23.4. The van der Waals surface area contributed by atoms with Crippen LogP contribution in [0.15, 0.2) is 182 Å². The Morgan fingerprint density at radius 3 is 0.732 bits per heavy atom. The van der Waals surface area contributed by atoms with E-state index in [0.29, 0.717) is 12.8 Å². The maximum absolute atomic E-state index is 12.4. The van der Waals surface area contributed by atoms with Crippen LogP contribution in [0.4, 0.5) is 0 Å². The maximum atomic E-state index is 12.4. The van der Waals surface area contributed by atoms with Crippen LogP contribution in [-0.2, 0) is 19.1 Å². The summed E-state index contributed by atoms with van der Waals surface area (Å²) in [4.78, 5) is 24.6. The number of aliphatic hydroxyl groups is 1. The largest absolute Gasteiger partial charge is 0.462 e. The van der Waals surface area contributed by atoms with Gasteiger partial charge in [0.15, 0.2) is 6.10 Å². The summed E-state index contributed by atoms with van der Waals surface area (Å²) in [6.45, 7) is 3.90. The van der Waals surface area contributed by atoms with E-state index in [9.17, 15) is 14.7 Å². The molecule has 0 aromatic carbocycles. The Labute approximate surface area is 505 Å². The Kier molecular flexibility index (Phi) is 66.0. The van der Waals surface area contributed by atoms with E-state index in [1.54, 1.807) is 0 Å². The number of carbonyl (C=O) groups excluding carboxylic acids is 2. The van der Waals surface area contributed by atoms with Gasteiger partial charge in [0.25, 0.3) is 0 Å². The Morgan fingerprint density at radius 2 is 0.488 bits per heavy atom. The average molecular weight is 1130 g/mol. The third kappa shape index (κ3) is 67.5. The first-order valence-electron chi connectivity index (χ1n) is 33.3. The Balaban J connectivity index is 3.57. The van der Waals surface area contributed by atoms with Gasteiger partial charge in [-0.3, -0.25) is 9.59 Å². The molecule has 0 aliphatic rings. The van der Waals surface area contributed by atoms with Crippen LogP contribution in [0.1, 0.15) is 271 Å². The number of carbonyl (C=O) groups is 2. The molecule has 1 atom stereocenters. The molecule has 0 bridgehead atoms. The van der Waals surface area contributed by atoms with Crippen molar-refractivity contribution in [2.75, 3.05) is 13.2 Å². The summed E-state index contributed by atoms with van der Waals surface area (Å²) < 4.78 is 10.7. The molecule has 0 spiro atoms. The molecule has 5 nitrogen and oxygen atoms in total. The SMILES string of the molecule is CC/C=C\C/C=C\C/C=C\C/C=C\C/C=C\C/C=C\C/C=C\C/C=C\CCCCCCCCCCC(=O)OC(CO)COC(=O)CCCCCCCCCCCCCCC/C=C\C/C=C\C/C=C\C/C=C\C/C=C\C/C=C\C/C=C\CC. The third-order valence-electron chi connectivity index (χ3n) is 13.7. The second-order valence-electron chi connectivity index (χ2n) is 21.4. The van der Waals surface area contributed by atoms with Gasteiger partial charge in [-0.05, 0) is 135 Å². The zero-order chi connectivity index (χ0) is 59.1. The molecule has 0 fully saturated rings. The number of unbranched alkanes of at least 4 members (excludes halogenated alkanes) is 21. The summed E-state index contributed by atoms with van der Waals surface area (Å²) in [7, 11) is 0. The van der Waals surface area contributed by atoms with E-state index in [1.807, 2.05) is 0 Å². The molecule has 0 heterocycles. The van der Waals surface area contributed by atoms with E-state index in [2.05, 4.69) is 196 Å². The van der Waals surface area contributed by atoms with Gasteiger partial charge in [-0.25, -0.2) is 0 Å². The molecule has 82 heavy (non-hydrogen) atoms. The fraction of sp³-hybridized carbons (Fsp3) is 0.584. The van der Waals surface area contributed by atoms with Crippen LogP contribution in [-0.4, -0.2) is 36.4 Å². The molecule has 0 amide bonds. The lowest BCUT2D eigenvalue weighted by molar-refractivity contribution is -0.161. The fourth-order valence-electron chi connectivity index (χ4n) is 8.79. The van der Waals surface area contributed by atoms with Crippen molar-refractivity contribution in [2.45, 2.75) is 277 Å². The number of hydrogen-bond acceptors (Lipinski definition) is 5. The minimum absolute atomic E-state index is 0.0801. The lowest BCUT2D eigenvalue weighted by Gasteiger charge is -2.15. The van der Waals surface area contributed by atoms with Crippen molar-refractivity contribution in [3.63, 3.8) is 0 Å². The molecule has 0 aliphatic heterocycles. The highest BCUT2D eigenvalue weighted by Crippen LogP contribution is 2.15. The molecule has 460 valence electrons. The summed E-state index contributed by atoms with van der Waals surface area (Å²) >= 11 is 0. The van der Waals surface area contributed by atoms with Gasteiger partial charge in [-0.1, -0.05) is 305 Å². The molecular weight excluding hydrogens is 1000 g/mol. The first-order valence-corrected chi connectivity index (χ1v) is 33.3. The smallest absolute Gasteiger partial charge is 0.306 e. The van der Waals surface area contributed by atoms with Crippen molar-refractivity contribution in [1.82, 2.24) is 0 Å². The second-order valence-corrected chi connectivity index (χ2v) is 21.4. The fourth-order valence-corrected chi connectivity index (χ4v) is 8.79. The third-order valence-corrected chi connectivity index (χ3v) is 13.7. The van der Waals surface area contributed by atoms with Gasteiger partial charge in [-0.15, -0.1) is 0 Å². The van der Waals surface area contributed by atoms with Gasteiger partial charge in [0.2, 0.25) is 0 Å². The van der Waals surface area contributed by atoms with E-state index in [-0.39, 0.29) is 25.2 Å². The number of hydrogen-bond donors (Lipinski definition) is 1. The van der Waals surface area contributed by atoms with Gasteiger partial charge >= 0.3 is 11.9 Å². The maximum Gasteiger partial charge on any atom is 0.306 e. The van der Waals surface area contributed by atoms with Gasteiger partial charge in [0.1, 0.15) is 6.61 Å². The average Bonchev–Trinajstić information content (AvgIpc) is 3.49. The van der Waals surface area contributed by atoms with E-state index >= 15 is 0 Å². The van der Waals surface area contributed by atoms with Crippen molar-refractivity contribution < 1.29 is 24.2 Å². The minimum Gasteiger partial charge on any atom is -0.462 e. The summed E-state index contributed by atoms with van der Waals surface area (Å²) in [5, 5.41) is 9.70. The summed E-state index contributed by atoms with van der Waals surface area (Å²) in [6.07, 6.45) is 110. The lowest BCUT2D eigenvalue weighted by atomic mass is 10.0. The van der Waals surface area contributed by atoms with E-state index in [1.165, 1.54) is 103 Å². The highest BCUT2D eigenvalue weighted by molar-refractivity contribution is 5.70. The van der Waals surface area contributed by atoms with Crippen molar-refractivity contribution in [3.8, 4) is 0 Å². The molecule has 1 unspecified atom stereocenters. The van der Waals surface area contributed by atoms with Crippen molar-refractivity contribution in [2.24, 2.45) is 0 Å². The Morgan fingerprint density at radius 1 is 0.280 bits per heavy atom. The van der Waals surface area contributed by atoms with E-state index in [0.717, 1.165) is 141 Å². The standard InChI is InChI=1S/C77H122O5/c1-3-5-7-9-11-13-15-17-19-21-23-25-27-29-31-33-35-37-38-40-41-43-45-47-49-51-53-55-57-59-61-63-65-67-69-71-76(79)81-74-75(73-78)82-77(80)72-70-68-66-64-62-60-58-56-54-52-50-48-46-44-42-39-36-34-32-30-28-26-24-22-20-18-16-14-12-10-8-6-4-2/h5-8,11-14,17-20,23-26,29-32,35-37,39-41,44,46,50,52,75,78H,3-4,9-10,15-16,21-22,27-28,33-34,38,42-43,45,47-49,51,53-74H2,1-2H3/b7-5-,8-6-,13-11-,14-12-,19-17-,20-18-,25-23-,26-24-,31-29-,32-30-,37-35-,39-36-,41-40-,46-44-,52-50-. The minimum atomic E-state index is -0.792. The number of ether oxygens (including phenoxy) is 2. The van der Waals surface area contributed by atoms with Crippen molar-refractivity contribution in [3.05, 3.63) is 182 Å². The summed E-state index contributed by atoms with van der Waals surface area (Å²) in [5.74, 6) is -0.609. The zero-order valence-electron chi connectivity index (χ0n) is 52.7. The van der Waals surface area contributed by atoms with Crippen LogP contribution >= 0.6 is 0 Å². The van der Waals surface area contributed by atoms with Gasteiger partial charge < -0.3 is 14.6 Å². The van der Waals surface area contributed by atoms with Gasteiger partial charge in [0, 0.05) is 12.8 Å². The molecule has 0 radical (unpaired) electrons. The lowest BCUT2D eigenvalue weighted by Crippen LogP contribution is -2.28. The molecule has 1 N–H and O–H groups in total. The van der Waals surface area contributed by atoms with E-state index < -0.39 is 6.10 Å². The second kappa shape index (κ2) is 70.3. The number of rotatable bonds is 59. The van der Waals surface area contributed by atoms with Crippen LogP contribution in [0, 0.1) is 0 Å². The first kappa shape index (κ1) is 77.0. The molecule has 0 aromatic heterocycles. The normalized spacial score (nSPS) is 13.5. The molecule has 0 saturated carbocycles. The molecule has 5 heteroatoms. The Bertz CT molecular complexity index is 1850. The monoisotopic (exact) mass is 1130 g/mol. The molecule has 0 aromatic rings. The van der Waals surface area contributed by atoms with Gasteiger partial charge in [-0.2, -0.15) is 0 Å². The van der Waals surface area contributed by atoms with Crippen molar-refractivity contribution in [1.29, 1.82) is 0 Å². The van der Waals surface area contributed by atoms with Crippen LogP contribution < -0.4 is 0 Å². The van der Waals surface area contributed by atoms with Crippen LogP contribution in [0.5, 0.6) is 0 Å². The number of allylic oxidation sites excluding steroid dienone is 30. The summed E-state index contributed by atoms with van der Waals surface area (Å²) in [5.41, 5.74) is 0. The number of aliphatic hydroxyl groups excluding tert-OH is 1. The first-order chi connectivity index (χ1) is 40.6. The highest BCUT2D eigenvalue weighted by atomic mass is 16.6. The topological polar surface area (TPSA) is 72.8 Å². The van der Waals surface area contributed by atoms with Gasteiger partial charge in [0.05, 0.1) is 6.61 Å². The zero-order valence-corrected chi connectivity index (χ0v) is 52.7. The molecule has 0 aliphatic carbocycles. The molecule has 0 rings (SSSR count).